The Morgan fingerprint density at radius 1 is 1.04 bits per heavy atom. The lowest BCUT2D eigenvalue weighted by atomic mass is 10.1. The van der Waals surface area contributed by atoms with Gasteiger partial charge in [-0.3, -0.25) is 9.59 Å². The molecule has 0 saturated heterocycles. The van der Waals surface area contributed by atoms with Crippen LogP contribution >= 0.6 is 11.6 Å². The fourth-order valence-corrected chi connectivity index (χ4v) is 2.71. The highest BCUT2D eigenvalue weighted by Gasteiger charge is 2.22. The van der Waals surface area contributed by atoms with E-state index in [-0.39, 0.29) is 18.1 Å². The van der Waals surface area contributed by atoms with Crippen LogP contribution in [-0.4, -0.2) is 48.4 Å². The smallest absolute Gasteiger partial charge is 0.328 e. The van der Waals surface area contributed by atoms with Gasteiger partial charge in [0.05, 0.1) is 10.6 Å². The number of esters is 1. The monoisotopic (exact) mass is 396 g/mol. The molecule has 0 aromatic heterocycles. The van der Waals surface area contributed by atoms with Crippen molar-refractivity contribution in [3.63, 3.8) is 0 Å². The Hall–Kier alpha value is -2.08. The minimum Gasteiger partial charge on any atom is -0.454 e. The molecule has 1 aromatic carbocycles. The second-order valence-corrected chi connectivity index (χ2v) is 7.78. The summed E-state index contributed by atoms with van der Waals surface area (Å²) in [5.74, 6) is -0.750. The zero-order chi connectivity index (χ0) is 20.6. The van der Waals surface area contributed by atoms with Gasteiger partial charge >= 0.3 is 5.97 Å². The highest BCUT2D eigenvalue weighted by atomic mass is 35.5. The quantitative estimate of drug-likeness (QED) is 0.650. The molecule has 7 heteroatoms. The molecule has 0 bridgehead atoms. The number of hydrogen-bond acceptors (Lipinski definition) is 4. The molecule has 2 amide bonds. The molecule has 0 spiro atoms. The maximum atomic E-state index is 12.4. The number of halogens is 1. The molecule has 0 heterocycles. The molecule has 1 atom stereocenters. The number of rotatable bonds is 9. The van der Waals surface area contributed by atoms with E-state index in [0.717, 1.165) is 0 Å². The maximum absolute atomic E-state index is 12.4. The Balaban J connectivity index is 2.57. The van der Waals surface area contributed by atoms with Crippen LogP contribution in [0.25, 0.3) is 0 Å². The van der Waals surface area contributed by atoms with E-state index < -0.39 is 17.9 Å². The molecular weight excluding hydrogens is 368 g/mol. The first kappa shape index (κ1) is 23.0. The molecule has 1 aromatic rings. The predicted octanol–water partition coefficient (Wildman–Crippen LogP) is 3.14. The molecule has 0 aliphatic heterocycles. The molecular formula is C20H29ClN2O4. The second kappa shape index (κ2) is 10.9. The zero-order valence-electron chi connectivity index (χ0n) is 16.6. The van der Waals surface area contributed by atoms with Crippen molar-refractivity contribution in [1.29, 1.82) is 0 Å². The van der Waals surface area contributed by atoms with E-state index >= 15 is 0 Å². The Kier molecular flexibility index (Phi) is 9.29. The van der Waals surface area contributed by atoms with Crippen molar-refractivity contribution in [2.75, 3.05) is 19.7 Å². The largest absolute Gasteiger partial charge is 0.454 e. The van der Waals surface area contributed by atoms with Crippen molar-refractivity contribution in [2.45, 2.75) is 40.7 Å². The summed E-state index contributed by atoms with van der Waals surface area (Å²) in [6.07, 6.45) is 0. The molecule has 0 aliphatic rings. The van der Waals surface area contributed by atoms with Crippen molar-refractivity contribution in [3.8, 4) is 0 Å². The standard InChI is InChI=1S/C20H29ClN2O4/c1-13(2)10-23(11-14(3)4)18(24)12-27-20(26)15(5)22-19(25)16-8-6-7-9-17(16)21/h6-9,13-15H,10-12H2,1-5H3,(H,22,25)/t15-/m0/s1. The van der Waals surface area contributed by atoms with Gasteiger partial charge in [0.15, 0.2) is 6.61 Å². The van der Waals surface area contributed by atoms with Crippen molar-refractivity contribution in [3.05, 3.63) is 34.9 Å². The van der Waals surface area contributed by atoms with Crippen LogP contribution in [0.3, 0.4) is 0 Å². The number of carbonyl (C=O) groups excluding carboxylic acids is 3. The number of ether oxygens (including phenoxy) is 1. The lowest BCUT2D eigenvalue weighted by molar-refractivity contribution is -0.153. The number of nitrogens with zero attached hydrogens (tertiary/aromatic N) is 1. The van der Waals surface area contributed by atoms with E-state index in [2.05, 4.69) is 5.32 Å². The maximum Gasteiger partial charge on any atom is 0.328 e. The molecule has 0 saturated carbocycles. The van der Waals surface area contributed by atoms with Gasteiger partial charge in [-0.05, 0) is 30.9 Å². The summed E-state index contributed by atoms with van der Waals surface area (Å²) < 4.78 is 5.10. The molecule has 1 N–H and O–H groups in total. The van der Waals surface area contributed by atoms with Gasteiger partial charge in [-0.15, -0.1) is 0 Å². The number of amides is 2. The van der Waals surface area contributed by atoms with Gasteiger partial charge in [0.1, 0.15) is 6.04 Å². The third-order valence-corrected chi connectivity index (χ3v) is 4.01. The summed E-state index contributed by atoms with van der Waals surface area (Å²) in [4.78, 5) is 38.4. The fraction of sp³-hybridized carbons (Fsp3) is 0.550. The second-order valence-electron chi connectivity index (χ2n) is 7.37. The van der Waals surface area contributed by atoms with Crippen molar-refractivity contribution in [2.24, 2.45) is 11.8 Å². The normalized spacial score (nSPS) is 12.0. The third kappa shape index (κ3) is 7.99. The Labute approximate surface area is 166 Å². The van der Waals surface area contributed by atoms with Crippen molar-refractivity contribution >= 4 is 29.4 Å². The zero-order valence-corrected chi connectivity index (χ0v) is 17.4. The molecule has 0 aliphatic carbocycles. The van der Waals surface area contributed by atoms with E-state index in [9.17, 15) is 14.4 Å². The molecule has 27 heavy (non-hydrogen) atoms. The van der Waals surface area contributed by atoms with Crippen molar-refractivity contribution < 1.29 is 19.1 Å². The Morgan fingerprint density at radius 3 is 2.11 bits per heavy atom. The first-order chi connectivity index (χ1) is 12.6. The number of hydrogen-bond donors (Lipinski definition) is 1. The van der Waals surface area contributed by atoms with Gasteiger partial charge in [0.2, 0.25) is 0 Å². The predicted molar refractivity (Wildman–Crippen MR) is 106 cm³/mol. The first-order valence-corrected chi connectivity index (χ1v) is 9.49. The summed E-state index contributed by atoms with van der Waals surface area (Å²) in [5, 5.41) is 2.83. The van der Waals surface area contributed by atoms with Crippen LogP contribution in [0.5, 0.6) is 0 Å². The van der Waals surface area contributed by atoms with E-state index in [4.69, 9.17) is 16.3 Å². The Morgan fingerprint density at radius 2 is 1.59 bits per heavy atom. The highest BCUT2D eigenvalue weighted by molar-refractivity contribution is 6.33. The average Bonchev–Trinajstić information content (AvgIpc) is 2.58. The fourth-order valence-electron chi connectivity index (χ4n) is 2.49. The summed E-state index contributed by atoms with van der Waals surface area (Å²) in [5.41, 5.74) is 0.273. The molecule has 0 fully saturated rings. The first-order valence-electron chi connectivity index (χ1n) is 9.11. The van der Waals surface area contributed by atoms with E-state index in [0.29, 0.717) is 29.9 Å². The third-order valence-electron chi connectivity index (χ3n) is 3.68. The van der Waals surface area contributed by atoms with Gasteiger partial charge in [0, 0.05) is 13.1 Å². The summed E-state index contributed by atoms with van der Waals surface area (Å²) in [6, 6.07) is 5.65. The van der Waals surface area contributed by atoms with Crippen LogP contribution in [0.15, 0.2) is 24.3 Å². The minimum absolute atomic E-state index is 0.240. The van der Waals surface area contributed by atoms with Crippen LogP contribution in [0.1, 0.15) is 45.0 Å². The lowest BCUT2D eigenvalue weighted by Gasteiger charge is -2.26. The SMILES string of the molecule is CC(C)CN(CC(C)C)C(=O)COC(=O)[C@H](C)NC(=O)c1ccccc1Cl. The van der Waals surface area contributed by atoms with E-state index in [1.807, 2.05) is 27.7 Å². The van der Waals surface area contributed by atoms with Crippen LogP contribution < -0.4 is 5.32 Å². The lowest BCUT2D eigenvalue weighted by Crippen LogP contribution is -2.43. The van der Waals surface area contributed by atoms with Crippen molar-refractivity contribution in [1.82, 2.24) is 10.2 Å². The van der Waals surface area contributed by atoms with E-state index in [1.165, 1.54) is 6.92 Å². The molecule has 0 radical (unpaired) electrons. The van der Waals surface area contributed by atoms with Crippen LogP contribution in [0, 0.1) is 11.8 Å². The van der Waals surface area contributed by atoms with Crippen LogP contribution in [-0.2, 0) is 14.3 Å². The number of benzene rings is 1. The minimum atomic E-state index is -0.898. The average molecular weight is 397 g/mol. The molecule has 6 nitrogen and oxygen atoms in total. The van der Waals surface area contributed by atoms with Gasteiger partial charge in [-0.25, -0.2) is 4.79 Å². The highest BCUT2D eigenvalue weighted by Crippen LogP contribution is 2.14. The topological polar surface area (TPSA) is 75.7 Å². The molecule has 150 valence electrons. The molecule has 1 rings (SSSR count). The van der Waals surface area contributed by atoms with E-state index in [1.54, 1.807) is 29.2 Å². The Bertz CT molecular complexity index is 651. The molecule has 0 unspecified atom stereocenters. The number of nitrogens with one attached hydrogen (secondary N) is 1. The summed E-state index contributed by atoms with van der Waals surface area (Å²) in [6.45, 7) is 10.5. The number of carbonyl (C=O) groups is 3. The van der Waals surface area contributed by atoms with Gasteiger partial charge in [0.25, 0.3) is 11.8 Å². The van der Waals surface area contributed by atoms with Gasteiger partial charge in [-0.2, -0.15) is 0 Å². The van der Waals surface area contributed by atoms with Crippen LogP contribution in [0.4, 0.5) is 0 Å². The van der Waals surface area contributed by atoms with Gasteiger partial charge in [-0.1, -0.05) is 51.4 Å². The van der Waals surface area contributed by atoms with Crippen LogP contribution in [0.2, 0.25) is 5.02 Å². The summed E-state index contributed by atoms with van der Waals surface area (Å²) >= 11 is 5.98. The van der Waals surface area contributed by atoms with Gasteiger partial charge < -0.3 is 15.0 Å². The summed E-state index contributed by atoms with van der Waals surface area (Å²) in [7, 11) is 0.